The number of Topliss-reactive ketones (excluding diaryl/α,β-unsaturated/α-hetero) is 1. The average Bonchev–Trinajstić information content (AvgIpc) is 3.01. The van der Waals surface area contributed by atoms with Crippen LogP contribution < -0.4 is 16.8 Å². The van der Waals surface area contributed by atoms with Crippen LogP contribution in [0.5, 0.6) is 0 Å². The zero-order valence-electron chi connectivity index (χ0n) is 14.8. The van der Waals surface area contributed by atoms with Gasteiger partial charge in [-0.05, 0) is 37.3 Å². The smallest absolute Gasteiger partial charge is 0.287 e. The number of carbonyl (C=O) groups is 1. The summed E-state index contributed by atoms with van der Waals surface area (Å²) in [4.78, 5) is 12.8. The normalized spacial score (nSPS) is 10.6. The van der Waals surface area contributed by atoms with Gasteiger partial charge in [-0.25, -0.2) is 8.97 Å². The molecule has 0 unspecified atom stereocenters. The Morgan fingerprint density at radius 1 is 1.00 bits per heavy atom. The number of carbonyl (C=O) groups excluding carboxylic acids is 1. The van der Waals surface area contributed by atoms with Crippen molar-refractivity contribution in [3.8, 4) is 11.3 Å². The Hall–Kier alpha value is -2.62. The first-order valence-electron chi connectivity index (χ1n) is 8.47. The summed E-state index contributed by atoms with van der Waals surface area (Å²) < 4.78 is 4.10. The first-order chi connectivity index (χ1) is 12.6. The zero-order chi connectivity index (χ0) is 18.1. The highest BCUT2D eigenvalue weighted by Gasteiger charge is 2.21. The molecule has 0 aliphatic carbocycles. The highest BCUT2D eigenvalue weighted by Crippen LogP contribution is 2.22. The molecule has 4 rings (SSSR count). The monoisotopic (exact) mass is 396 g/mol. The van der Waals surface area contributed by atoms with E-state index < -0.39 is 0 Å². The molecule has 0 aliphatic heterocycles. The molecule has 5 heteroatoms. The molecule has 0 bridgehead atoms. The zero-order valence-corrected chi connectivity index (χ0v) is 16.3. The SMILES string of the molecule is Cc1ccc(-c2c[n+]3ccccc3n2CC(=O)c2ccc(Cl)cc2)cc1.[Cl-]. The van der Waals surface area contributed by atoms with E-state index in [0.717, 1.165) is 16.9 Å². The van der Waals surface area contributed by atoms with Gasteiger partial charge >= 0.3 is 0 Å². The van der Waals surface area contributed by atoms with Gasteiger partial charge in [0.15, 0.2) is 12.2 Å². The van der Waals surface area contributed by atoms with Gasteiger partial charge in [-0.2, -0.15) is 0 Å². The third-order valence-corrected chi connectivity index (χ3v) is 4.76. The molecule has 2 aromatic carbocycles. The Balaban J connectivity index is 0.00000210. The maximum absolute atomic E-state index is 12.8. The number of hydrogen-bond donors (Lipinski definition) is 0. The molecule has 0 radical (unpaired) electrons. The Labute approximate surface area is 169 Å². The maximum atomic E-state index is 12.8. The third kappa shape index (κ3) is 3.90. The van der Waals surface area contributed by atoms with E-state index in [0.29, 0.717) is 10.6 Å². The summed E-state index contributed by atoms with van der Waals surface area (Å²) in [5.41, 5.74) is 4.94. The second-order valence-electron chi connectivity index (χ2n) is 6.36. The standard InChI is InChI=1S/C22H18ClN2O.ClH/c1-16-5-7-17(8-6-16)20-14-24-13-3-2-4-22(24)25(20)15-21(26)18-9-11-19(23)12-10-18;/h2-14H,15H2,1H3;1H/q+1;/p-1. The molecule has 0 atom stereocenters. The molecule has 0 spiro atoms. The van der Waals surface area contributed by atoms with Gasteiger partial charge in [0.1, 0.15) is 6.20 Å². The van der Waals surface area contributed by atoms with Crippen LogP contribution in [0, 0.1) is 6.92 Å². The summed E-state index contributed by atoms with van der Waals surface area (Å²) in [7, 11) is 0. The molecule has 2 aromatic heterocycles. The molecular formula is C22H18Cl2N2O. The van der Waals surface area contributed by atoms with Gasteiger partial charge < -0.3 is 12.4 Å². The van der Waals surface area contributed by atoms with Gasteiger partial charge in [0.25, 0.3) is 5.65 Å². The van der Waals surface area contributed by atoms with Crippen molar-refractivity contribution in [1.29, 1.82) is 0 Å². The van der Waals surface area contributed by atoms with E-state index in [1.165, 1.54) is 5.56 Å². The van der Waals surface area contributed by atoms with Crippen molar-refractivity contribution in [1.82, 2.24) is 4.57 Å². The number of aromatic nitrogens is 2. The minimum Gasteiger partial charge on any atom is -1.00 e. The van der Waals surface area contributed by atoms with E-state index in [1.54, 1.807) is 24.3 Å². The molecular weight excluding hydrogens is 379 g/mol. The largest absolute Gasteiger partial charge is 1.00 e. The number of halogens is 2. The lowest BCUT2D eigenvalue weighted by Crippen LogP contribution is -3.00. The predicted octanol–water partition coefficient (Wildman–Crippen LogP) is 1.74. The highest BCUT2D eigenvalue weighted by atomic mass is 35.5. The maximum Gasteiger partial charge on any atom is 0.287 e. The molecule has 4 aromatic rings. The lowest BCUT2D eigenvalue weighted by atomic mass is 10.1. The summed E-state index contributed by atoms with van der Waals surface area (Å²) in [5, 5.41) is 0.629. The topological polar surface area (TPSA) is 26.1 Å². The van der Waals surface area contributed by atoms with Gasteiger partial charge in [-0.3, -0.25) is 4.79 Å². The minimum absolute atomic E-state index is 0. The van der Waals surface area contributed by atoms with E-state index >= 15 is 0 Å². The molecule has 0 saturated heterocycles. The number of hydrogen-bond acceptors (Lipinski definition) is 1. The van der Waals surface area contributed by atoms with Crippen molar-refractivity contribution in [2.24, 2.45) is 0 Å². The number of ketones is 1. The molecule has 2 heterocycles. The molecule has 0 saturated carbocycles. The molecule has 136 valence electrons. The first-order valence-corrected chi connectivity index (χ1v) is 8.85. The second-order valence-corrected chi connectivity index (χ2v) is 6.80. The number of imidazole rings is 1. The van der Waals surface area contributed by atoms with Crippen LogP contribution in [-0.4, -0.2) is 10.4 Å². The highest BCUT2D eigenvalue weighted by molar-refractivity contribution is 6.30. The fourth-order valence-corrected chi connectivity index (χ4v) is 3.23. The number of nitrogens with zero attached hydrogens (tertiary/aromatic N) is 2. The molecule has 0 fully saturated rings. The van der Waals surface area contributed by atoms with Crippen molar-refractivity contribution in [2.75, 3.05) is 0 Å². The van der Waals surface area contributed by atoms with Gasteiger partial charge in [0, 0.05) is 22.2 Å². The van der Waals surface area contributed by atoms with Gasteiger partial charge in [-0.1, -0.05) is 47.5 Å². The minimum atomic E-state index is 0. The number of benzene rings is 2. The van der Waals surface area contributed by atoms with Gasteiger partial charge in [0.2, 0.25) is 5.78 Å². The Morgan fingerprint density at radius 2 is 1.70 bits per heavy atom. The van der Waals surface area contributed by atoms with E-state index in [2.05, 4.69) is 42.0 Å². The van der Waals surface area contributed by atoms with Crippen molar-refractivity contribution in [3.05, 3.63) is 95.3 Å². The van der Waals surface area contributed by atoms with Crippen LogP contribution in [0.4, 0.5) is 0 Å². The van der Waals surface area contributed by atoms with Crippen LogP contribution in [-0.2, 0) is 6.54 Å². The van der Waals surface area contributed by atoms with Crippen LogP contribution in [0.3, 0.4) is 0 Å². The lowest BCUT2D eigenvalue weighted by Gasteiger charge is -2.04. The van der Waals surface area contributed by atoms with Crippen LogP contribution in [0.15, 0.2) is 79.1 Å². The summed E-state index contributed by atoms with van der Waals surface area (Å²) in [6.07, 6.45) is 4.06. The molecule has 3 nitrogen and oxygen atoms in total. The van der Waals surface area contributed by atoms with Crippen LogP contribution in [0.1, 0.15) is 15.9 Å². The quantitative estimate of drug-likeness (QED) is 0.381. The number of fused-ring (bicyclic) bond motifs is 1. The van der Waals surface area contributed by atoms with E-state index in [1.807, 2.05) is 28.8 Å². The Morgan fingerprint density at radius 3 is 2.41 bits per heavy atom. The summed E-state index contributed by atoms with van der Waals surface area (Å²) in [6, 6.07) is 21.4. The van der Waals surface area contributed by atoms with Crippen LogP contribution in [0.2, 0.25) is 5.02 Å². The second kappa shape index (κ2) is 7.95. The van der Waals surface area contributed by atoms with Crippen LogP contribution >= 0.6 is 11.6 Å². The lowest BCUT2D eigenvalue weighted by molar-refractivity contribution is -0.510. The van der Waals surface area contributed by atoms with Crippen LogP contribution in [0.25, 0.3) is 16.9 Å². The fraction of sp³-hybridized carbons (Fsp3) is 0.0909. The number of pyridine rings is 1. The Bertz CT molecular complexity index is 1080. The van der Waals surface area contributed by atoms with E-state index in [-0.39, 0.29) is 24.7 Å². The summed E-state index contributed by atoms with van der Waals surface area (Å²) >= 11 is 5.94. The number of rotatable bonds is 4. The van der Waals surface area contributed by atoms with Crippen molar-refractivity contribution < 1.29 is 21.6 Å². The van der Waals surface area contributed by atoms with Crippen molar-refractivity contribution >= 4 is 23.0 Å². The van der Waals surface area contributed by atoms with Crippen molar-refractivity contribution in [2.45, 2.75) is 13.5 Å². The molecule has 27 heavy (non-hydrogen) atoms. The fourth-order valence-electron chi connectivity index (χ4n) is 3.10. The van der Waals surface area contributed by atoms with E-state index in [4.69, 9.17) is 11.6 Å². The third-order valence-electron chi connectivity index (χ3n) is 4.51. The molecule has 0 aliphatic rings. The number of aryl methyl sites for hydroxylation is 1. The Kier molecular flexibility index (Phi) is 5.64. The van der Waals surface area contributed by atoms with Crippen molar-refractivity contribution in [3.63, 3.8) is 0 Å². The van der Waals surface area contributed by atoms with Gasteiger partial charge in [0.05, 0.1) is 6.20 Å². The summed E-state index contributed by atoms with van der Waals surface area (Å²) in [6.45, 7) is 2.34. The average molecular weight is 397 g/mol. The first kappa shape index (κ1) is 19.2. The van der Waals surface area contributed by atoms with E-state index in [9.17, 15) is 4.79 Å². The molecule has 0 amide bonds. The predicted molar refractivity (Wildman–Crippen MR) is 104 cm³/mol. The van der Waals surface area contributed by atoms with Gasteiger partial charge in [-0.15, -0.1) is 0 Å². The summed E-state index contributed by atoms with van der Waals surface area (Å²) in [5.74, 6) is 0.0528. The molecule has 0 N–H and O–H groups in total.